The Bertz CT molecular complexity index is 577. The zero-order valence-electron chi connectivity index (χ0n) is 13.1. The van der Waals surface area contributed by atoms with Crippen LogP contribution in [0.5, 0.6) is 0 Å². The van der Waals surface area contributed by atoms with Crippen molar-refractivity contribution in [2.75, 3.05) is 13.1 Å². The number of piperidine rings is 1. The summed E-state index contributed by atoms with van der Waals surface area (Å²) in [5, 5.41) is 9.08. The van der Waals surface area contributed by atoms with Gasteiger partial charge in [0.05, 0.1) is 0 Å². The van der Waals surface area contributed by atoms with Crippen molar-refractivity contribution in [2.45, 2.75) is 58.0 Å². The SMILES string of the molecule is CCC1(CC)CCN(S(=O)(=O)c2cc(CO)oc2C)CC1. The maximum atomic E-state index is 12.7. The number of nitrogens with zero attached hydrogens (tertiary/aromatic N) is 1. The van der Waals surface area contributed by atoms with Gasteiger partial charge in [-0.25, -0.2) is 8.42 Å². The van der Waals surface area contributed by atoms with Gasteiger partial charge in [-0.1, -0.05) is 26.7 Å². The zero-order valence-corrected chi connectivity index (χ0v) is 13.9. The third-order valence-electron chi connectivity index (χ3n) is 4.98. The molecule has 6 heteroatoms. The Labute approximate surface area is 127 Å². The molecule has 0 spiro atoms. The predicted molar refractivity (Wildman–Crippen MR) is 80.4 cm³/mol. The molecule has 0 bridgehead atoms. The molecule has 1 aliphatic heterocycles. The quantitative estimate of drug-likeness (QED) is 0.907. The molecule has 21 heavy (non-hydrogen) atoms. The number of hydrogen-bond acceptors (Lipinski definition) is 4. The first-order chi connectivity index (χ1) is 9.88. The fourth-order valence-electron chi connectivity index (χ4n) is 3.16. The van der Waals surface area contributed by atoms with Crippen LogP contribution in [-0.4, -0.2) is 30.9 Å². The van der Waals surface area contributed by atoms with Crippen molar-refractivity contribution in [3.05, 3.63) is 17.6 Å². The van der Waals surface area contributed by atoms with E-state index in [1.54, 1.807) is 11.2 Å². The molecule has 1 saturated heterocycles. The minimum absolute atomic E-state index is 0.187. The summed E-state index contributed by atoms with van der Waals surface area (Å²) in [5.41, 5.74) is 0.285. The van der Waals surface area contributed by atoms with Crippen LogP contribution in [0.1, 0.15) is 51.1 Å². The second kappa shape index (κ2) is 6.10. The second-order valence-corrected chi connectivity index (χ2v) is 7.81. The van der Waals surface area contributed by atoms with E-state index in [0.717, 1.165) is 25.7 Å². The third-order valence-corrected chi connectivity index (χ3v) is 6.99. The van der Waals surface area contributed by atoms with Gasteiger partial charge in [0.15, 0.2) is 0 Å². The van der Waals surface area contributed by atoms with Crippen molar-refractivity contribution in [2.24, 2.45) is 5.41 Å². The van der Waals surface area contributed by atoms with Crippen LogP contribution in [0.4, 0.5) is 0 Å². The molecule has 1 aromatic rings. The standard InChI is InChI=1S/C15H25NO4S/c1-4-15(5-2)6-8-16(9-7-15)21(18,19)14-10-13(11-17)20-12(14)3/h10,17H,4-9,11H2,1-3H3. The van der Waals surface area contributed by atoms with Gasteiger partial charge in [0.2, 0.25) is 10.0 Å². The number of sulfonamides is 1. The van der Waals surface area contributed by atoms with E-state index in [4.69, 9.17) is 9.52 Å². The zero-order chi connectivity index (χ0) is 15.7. The van der Waals surface area contributed by atoms with E-state index < -0.39 is 10.0 Å². The van der Waals surface area contributed by atoms with Gasteiger partial charge in [-0.05, 0) is 25.2 Å². The Balaban J connectivity index is 2.20. The topological polar surface area (TPSA) is 70.8 Å². The van der Waals surface area contributed by atoms with Crippen molar-refractivity contribution < 1.29 is 17.9 Å². The molecule has 0 unspecified atom stereocenters. The highest BCUT2D eigenvalue weighted by Crippen LogP contribution is 2.39. The van der Waals surface area contributed by atoms with Crippen molar-refractivity contribution >= 4 is 10.0 Å². The molecule has 0 aromatic carbocycles. The van der Waals surface area contributed by atoms with Crippen LogP contribution in [0, 0.1) is 12.3 Å². The summed E-state index contributed by atoms with van der Waals surface area (Å²) in [6.07, 6.45) is 4.00. The van der Waals surface area contributed by atoms with E-state index in [1.807, 2.05) is 0 Å². The van der Waals surface area contributed by atoms with E-state index >= 15 is 0 Å². The fraction of sp³-hybridized carbons (Fsp3) is 0.733. The Morgan fingerprint density at radius 2 is 1.86 bits per heavy atom. The van der Waals surface area contributed by atoms with Crippen LogP contribution in [0.25, 0.3) is 0 Å². The van der Waals surface area contributed by atoms with Gasteiger partial charge in [-0.3, -0.25) is 0 Å². The van der Waals surface area contributed by atoms with Gasteiger partial charge in [0.25, 0.3) is 0 Å². The number of hydrogen-bond donors (Lipinski definition) is 1. The van der Waals surface area contributed by atoms with Crippen LogP contribution in [-0.2, 0) is 16.6 Å². The maximum absolute atomic E-state index is 12.7. The van der Waals surface area contributed by atoms with E-state index in [2.05, 4.69) is 13.8 Å². The molecule has 1 aromatic heterocycles. The lowest BCUT2D eigenvalue weighted by molar-refractivity contribution is 0.141. The van der Waals surface area contributed by atoms with E-state index in [-0.39, 0.29) is 16.9 Å². The lowest BCUT2D eigenvalue weighted by Gasteiger charge is -2.40. The molecule has 120 valence electrons. The molecule has 0 radical (unpaired) electrons. The lowest BCUT2D eigenvalue weighted by Crippen LogP contribution is -2.42. The molecule has 5 nitrogen and oxygen atoms in total. The van der Waals surface area contributed by atoms with E-state index in [0.29, 0.717) is 24.6 Å². The monoisotopic (exact) mass is 315 g/mol. The molecule has 0 atom stereocenters. The Morgan fingerprint density at radius 1 is 1.29 bits per heavy atom. The summed E-state index contributed by atoms with van der Waals surface area (Å²) in [7, 11) is -3.52. The summed E-state index contributed by atoms with van der Waals surface area (Å²) in [4.78, 5) is 0.187. The highest BCUT2D eigenvalue weighted by molar-refractivity contribution is 7.89. The molecule has 1 aliphatic rings. The van der Waals surface area contributed by atoms with Crippen molar-refractivity contribution in [1.29, 1.82) is 0 Å². The maximum Gasteiger partial charge on any atom is 0.246 e. The number of aryl methyl sites for hydroxylation is 1. The molecule has 2 heterocycles. The number of rotatable bonds is 5. The number of aliphatic hydroxyl groups is 1. The van der Waals surface area contributed by atoms with Crippen LogP contribution in [0.15, 0.2) is 15.4 Å². The molecule has 1 N–H and O–H groups in total. The Kier molecular flexibility index (Phi) is 4.80. The van der Waals surface area contributed by atoms with Gasteiger partial charge in [-0.15, -0.1) is 0 Å². The third kappa shape index (κ3) is 3.03. The van der Waals surface area contributed by atoms with Crippen LogP contribution < -0.4 is 0 Å². The Hall–Kier alpha value is -0.850. The largest absolute Gasteiger partial charge is 0.462 e. The van der Waals surface area contributed by atoms with Crippen molar-refractivity contribution in [3.63, 3.8) is 0 Å². The first kappa shape index (κ1) is 16.5. The van der Waals surface area contributed by atoms with Crippen LogP contribution in [0.3, 0.4) is 0 Å². The van der Waals surface area contributed by atoms with Gasteiger partial charge in [0.1, 0.15) is 23.0 Å². The average Bonchev–Trinajstić information content (AvgIpc) is 2.89. The van der Waals surface area contributed by atoms with Crippen LogP contribution >= 0.6 is 0 Å². The number of furan rings is 1. The number of aliphatic hydroxyl groups excluding tert-OH is 1. The van der Waals surface area contributed by atoms with Crippen molar-refractivity contribution in [3.8, 4) is 0 Å². The summed E-state index contributed by atoms with van der Waals surface area (Å²) < 4.78 is 32.2. The molecule has 0 amide bonds. The van der Waals surface area contributed by atoms with Gasteiger partial charge < -0.3 is 9.52 Å². The fourth-order valence-corrected chi connectivity index (χ4v) is 4.78. The van der Waals surface area contributed by atoms with E-state index in [1.165, 1.54) is 6.07 Å². The highest BCUT2D eigenvalue weighted by Gasteiger charge is 2.37. The normalized spacial score (nSPS) is 19.8. The summed E-state index contributed by atoms with van der Waals surface area (Å²) in [5.74, 6) is 0.640. The molecule has 0 saturated carbocycles. The first-order valence-corrected chi connectivity index (χ1v) is 9.03. The van der Waals surface area contributed by atoms with Crippen LogP contribution in [0.2, 0.25) is 0 Å². The van der Waals surface area contributed by atoms with E-state index in [9.17, 15) is 8.42 Å². The summed E-state index contributed by atoms with van der Waals surface area (Å²) in [6, 6.07) is 1.44. The highest BCUT2D eigenvalue weighted by atomic mass is 32.2. The van der Waals surface area contributed by atoms with Gasteiger partial charge >= 0.3 is 0 Å². The van der Waals surface area contributed by atoms with Gasteiger partial charge in [0, 0.05) is 19.2 Å². The summed E-state index contributed by atoms with van der Waals surface area (Å²) >= 11 is 0. The molecular formula is C15H25NO4S. The molecule has 2 rings (SSSR count). The average molecular weight is 315 g/mol. The first-order valence-electron chi connectivity index (χ1n) is 7.59. The minimum Gasteiger partial charge on any atom is -0.462 e. The summed E-state index contributed by atoms with van der Waals surface area (Å²) in [6.45, 7) is 6.82. The molecular weight excluding hydrogens is 290 g/mol. The van der Waals surface area contributed by atoms with Gasteiger partial charge in [-0.2, -0.15) is 4.31 Å². The molecule has 0 aliphatic carbocycles. The second-order valence-electron chi connectivity index (χ2n) is 5.90. The lowest BCUT2D eigenvalue weighted by atomic mass is 9.75. The van der Waals surface area contributed by atoms with Crippen molar-refractivity contribution in [1.82, 2.24) is 4.31 Å². The molecule has 1 fully saturated rings. The minimum atomic E-state index is -3.52. The Morgan fingerprint density at radius 3 is 2.29 bits per heavy atom. The smallest absolute Gasteiger partial charge is 0.246 e. The predicted octanol–water partition coefficient (Wildman–Crippen LogP) is 2.67.